The predicted octanol–water partition coefficient (Wildman–Crippen LogP) is 1.78. The van der Waals surface area contributed by atoms with E-state index in [4.69, 9.17) is 0 Å². The number of halogens is 2. The van der Waals surface area contributed by atoms with Gasteiger partial charge in [-0.1, -0.05) is 0 Å². The van der Waals surface area contributed by atoms with Crippen molar-refractivity contribution in [1.29, 1.82) is 0 Å². The number of nitrogens with zero attached hydrogens (tertiary/aromatic N) is 3. The molecule has 0 fully saturated rings. The number of aliphatic hydroxyl groups is 1. The molecule has 0 radical (unpaired) electrons. The fourth-order valence-corrected chi connectivity index (χ4v) is 2.41. The summed E-state index contributed by atoms with van der Waals surface area (Å²) in [4.78, 5) is 0. The van der Waals surface area contributed by atoms with Gasteiger partial charge in [0, 0.05) is 31.6 Å². The largest absolute Gasteiger partial charge is 0.396 e. The lowest BCUT2D eigenvalue weighted by molar-refractivity contribution is 0.191. The predicted molar refractivity (Wildman–Crippen MR) is 64.3 cm³/mol. The second-order valence-electron chi connectivity index (χ2n) is 4.76. The first-order valence-electron chi connectivity index (χ1n) is 6.17. The van der Waals surface area contributed by atoms with Gasteiger partial charge in [-0.3, -0.25) is 0 Å². The standard InChI is InChI=1S/C13H13F2N3O/c14-9-2-3-10(11(15)5-9)13-17-16-12-4-1-8(7-19)6-18(12)13/h2-3,5,8,19H,1,4,6-7H2. The molecule has 100 valence electrons. The van der Waals surface area contributed by atoms with Gasteiger partial charge in [-0.05, 0) is 18.6 Å². The van der Waals surface area contributed by atoms with Crippen LogP contribution in [0, 0.1) is 17.6 Å². The van der Waals surface area contributed by atoms with E-state index < -0.39 is 11.6 Å². The van der Waals surface area contributed by atoms with E-state index in [0.29, 0.717) is 18.8 Å². The molecule has 1 atom stereocenters. The topological polar surface area (TPSA) is 50.9 Å². The maximum absolute atomic E-state index is 13.8. The van der Waals surface area contributed by atoms with Crippen LogP contribution < -0.4 is 0 Å². The Kier molecular flexibility index (Phi) is 3.02. The quantitative estimate of drug-likeness (QED) is 0.900. The molecule has 1 aromatic carbocycles. The average molecular weight is 265 g/mol. The van der Waals surface area contributed by atoms with Crippen LogP contribution in [0.15, 0.2) is 18.2 Å². The molecule has 0 spiro atoms. The van der Waals surface area contributed by atoms with Crippen molar-refractivity contribution in [2.45, 2.75) is 19.4 Å². The fraction of sp³-hybridized carbons (Fsp3) is 0.385. The Morgan fingerprint density at radius 1 is 1.32 bits per heavy atom. The first-order chi connectivity index (χ1) is 9.19. The van der Waals surface area contributed by atoms with Crippen LogP contribution in [0.2, 0.25) is 0 Å². The number of aromatic nitrogens is 3. The SMILES string of the molecule is OCC1CCc2nnc(-c3ccc(F)cc3F)n2C1. The van der Waals surface area contributed by atoms with Crippen molar-refractivity contribution >= 4 is 0 Å². The molecule has 0 aliphatic carbocycles. The van der Waals surface area contributed by atoms with E-state index in [9.17, 15) is 13.9 Å². The zero-order valence-electron chi connectivity index (χ0n) is 10.2. The number of fused-ring (bicyclic) bond motifs is 1. The van der Waals surface area contributed by atoms with Gasteiger partial charge in [-0.2, -0.15) is 0 Å². The van der Waals surface area contributed by atoms with Gasteiger partial charge < -0.3 is 9.67 Å². The van der Waals surface area contributed by atoms with E-state index in [2.05, 4.69) is 10.2 Å². The summed E-state index contributed by atoms with van der Waals surface area (Å²) in [5, 5.41) is 17.3. The van der Waals surface area contributed by atoms with E-state index in [-0.39, 0.29) is 18.1 Å². The molecule has 1 aliphatic heterocycles. The normalized spacial score (nSPS) is 18.4. The lowest BCUT2D eigenvalue weighted by atomic mass is 10.00. The molecule has 2 heterocycles. The van der Waals surface area contributed by atoms with Crippen molar-refractivity contribution in [1.82, 2.24) is 14.8 Å². The van der Waals surface area contributed by atoms with Crippen LogP contribution in [0.1, 0.15) is 12.2 Å². The molecular weight excluding hydrogens is 252 g/mol. The van der Waals surface area contributed by atoms with Crippen LogP contribution in [0.5, 0.6) is 0 Å². The van der Waals surface area contributed by atoms with E-state index in [0.717, 1.165) is 18.3 Å². The molecule has 19 heavy (non-hydrogen) atoms. The molecule has 1 N–H and O–H groups in total. The lowest BCUT2D eigenvalue weighted by Gasteiger charge is -2.22. The Hall–Kier alpha value is -1.82. The van der Waals surface area contributed by atoms with Crippen LogP contribution in [0.4, 0.5) is 8.78 Å². The Labute approximate surface area is 108 Å². The van der Waals surface area contributed by atoms with Crippen LogP contribution in [-0.2, 0) is 13.0 Å². The molecule has 1 aromatic heterocycles. The van der Waals surface area contributed by atoms with Crippen molar-refractivity contribution < 1.29 is 13.9 Å². The van der Waals surface area contributed by atoms with Gasteiger partial charge in [0.15, 0.2) is 5.82 Å². The number of rotatable bonds is 2. The van der Waals surface area contributed by atoms with E-state index in [1.807, 2.05) is 0 Å². The monoisotopic (exact) mass is 265 g/mol. The number of hydrogen-bond donors (Lipinski definition) is 1. The number of aliphatic hydroxyl groups excluding tert-OH is 1. The van der Waals surface area contributed by atoms with Crippen LogP contribution >= 0.6 is 0 Å². The van der Waals surface area contributed by atoms with Crippen molar-refractivity contribution in [3.8, 4) is 11.4 Å². The molecular formula is C13H13F2N3O. The summed E-state index contributed by atoms with van der Waals surface area (Å²) < 4.78 is 28.5. The lowest BCUT2D eigenvalue weighted by Crippen LogP contribution is -2.23. The second kappa shape index (κ2) is 4.70. The van der Waals surface area contributed by atoms with E-state index in [1.54, 1.807) is 4.57 Å². The second-order valence-corrected chi connectivity index (χ2v) is 4.76. The molecule has 1 aliphatic rings. The highest BCUT2D eigenvalue weighted by atomic mass is 19.1. The van der Waals surface area contributed by atoms with E-state index in [1.165, 1.54) is 12.1 Å². The average Bonchev–Trinajstić information content (AvgIpc) is 2.81. The van der Waals surface area contributed by atoms with Gasteiger partial charge in [-0.15, -0.1) is 10.2 Å². The smallest absolute Gasteiger partial charge is 0.166 e. The first-order valence-corrected chi connectivity index (χ1v) is 6.17. The van der Waals surface area contributed by atoms with Crippen molar-refractivity contribution in [3.63, 3.8) is 0 Å². The Bertz CT molecular complexity index is 612. The van der Waals surface area contributed by atoms with Crippen LogP contribution in [0.3, 0.4) is 0 Å². The highest BCUT2D eigenvalue weighted by molar-refractivity contribution is 5.56. The van der Waals surface area contributed by atoms with Gasteiger partial charge in [-0.25, -0.2) is 8.78 Å². The number of aryl methyl sites for hydroxylation is 1. The highest BCUT2D eigenvalue weighted by Gasteiger charge is 2.24. The summed E-state index contributed by atoms with van der Waals surface area (Å²) in [5.74, 6) is 0.0361. The highest BCUT2D eigenvalue weighted by Crippen LogP contribution is 2.27. The summed E-state index contributed by atoms with van der Waals surface area (Å²) >= 11 is 0. The van der Waals surface area contributed by atoms with Crippen LogP contribution in [-0.4, -0.2) is 26.5 Å². The number of benzene rings is 1. The molecule has 2 aromatic rings. The zero-order valence-corrected chi connectivity index (χ0v) is 10.2. The summed E-state index contributed by atoms with van der Waals surface area (Å²) in [6, 6.07) is 3.40. The minimum atomic E-state index is -0.652. The zero-order chi connectivity index (χ0) is 13.4. The molecule has 0 bridgehead atoms. The van der Waals surface area contributed by atoms with E-state index >= 15 is 0 Å². The Morgan fingerprint density at radius 2 is 2.16 bits per heavy atom. The summed E-state index contributed by atoms with van der Waals surface area (Å²) in [6.45, 7) is 0.647. The molecule has 0 saturated heterocycles. The van der Waals surface area contributed by atoms with Crippen molar-refractivity contribution in [3.05, 3.63) is 35.7 Å². The van der Waals surface area contributed by atoms with Gasteiger partial charge in [0.05, 0.1) is 5.56 Å². The summed E-state index contributed by atoms with van der Waals surface area (Å²) in [5.41, 5.74) is 0.235. The molecule has 1 unspecified atom stereocenters. The molecule has 0 amide bonds. The molecule has 3 rings (SSSR count). The third kappa shape index (κ3) is 2.12. The van der Waals surface area contributed by atoms with Gasteiger partial charge in [0.1, 0.15) is 17.5 Å². The first kappa shape index (κ1) is 12.2. The minimum absolute atomic E-state index is 0.0863. The van der Waals surface area contributed by atoms with Gasteiger partial charge in [0.2, 0.25) is 0 Å². The fourth-order valence-electron chi connectivity index (χ4n) is 2.41. The third-order valence-electron chi connectivity index (χ3n) is 3.47. The maximum Gasteiger partial charge on any atom is 0.166 e. The Balaban J connectivity index is 2.05. The molecule has 4 nitrogen and oxygen atoms in total. The minimum Gasteiger partial charge on any atom is -0.396 e. The summed E-state index contributed by atoms with van der Waals surface area (Å²) in [7, 11) is 0. The molecule has 0 saturated carbocycles. The number of hydrogen-bond acceptors (Lipinski definition) is 3. The van der Waals surface area contributed by atoms with Crippen molar-refractivity contribution in [2.75, 3.05) is 6.61 Å². The maximum atomic E-state index is 13.8. The third-order valence-corrected chi connectivity index (χ3v) is 3.47. The Morgan fingerprint density at radius 3 is 2.89 bits per heavy atom. The van der Waals surface area contributed by atoms with Crippen molar-refractivity contribution in [2.24, 2.45) is 5.92 Å². The molecule has 6 heteroatoms. The van der Waals surface area contributed by atoms with Gasteiger partial charge >= 0.3 is 0 Å². The van der Waals surface area contributed by atoms with Crippen LogP contribution in [0.25, 0.3) is 11.4 Å². The summed E-state index contributed by atoms with van der Waals surface area (Å²) in [6.07, 6.45) is 1.56. The van der Waals surface area contributed by atoms with Gasteiger partial charge in [0.25, 0.3) is 0 Å².